The summed E-state index contributed by atoms with van der Waals surface area (Å²) < 4.78 is 7.93. The average Bonchev–Trinajstić information content (AvgIpc) is 2.81. The Morgan fingerprint density at radius 1 is 1.26 bits per heavy atom. The first-order chi connectivity index (χ1) is 9.26. The Bertz CT molecular complexity index is 546. The van der Waals surface area contributed by atoms with E-state index in [9.17, 15) is 0 Å². The summed E-state index contributed by atoms with van der Waals surface area (Å²) in [5, 5.41) is 0. The van der Waals surface area contributed by atoms with Crippen LogP contribution in [0.5, 0.6) is 5.75 Å². The molecule has 4 heteroatoms. The fourth-order valence-electron chi connectivity index (χ4n) is 2.57. The van der Waals surface area contributed by atoms with Crippen LogP contribution in [0.15, 0.2) is 18.2 Å². The van der Waals surface area contributed by atoms with Crippen molar-refractivity contribution in [1.29, 1.82) is 0 Å². The smallest absolute Gasteiger partial charge is 0.147 e. The summed E-state index contributed by atoms with van der Waals surface area (Å²) in [4.78, 5) is 4.67. The SMILES string of the molecule is CCOc1cccc2c1nc(CCl)n2C(CC)CC. The van der Waals surface area contributed by atoms with E-state index in [2.05, 4.69) is 29.5 Å². The van der Waals surface area contributed by atoms with Crippen LogP contribution in [0.4, 0.5) is 0 Å². The van der Waals surface area contributed by atoms with Crippen molar-refractivity contribution in [1.82, 2.24) is 9.55 Å². The summed E-state index contributed by atoms with van der Waals surface area (Å²) in [5.41, 5.74) is 2.04. The maximum Gasteiger partial charge on any atom is 0.147 e. The molecule has 0 radical (unpaired) electrons. The van der Waals surface area contributed by atoms with Crippen LogP contribution < -0.4 is 4.74 Å². The van der Waals surface area contributed by atoms with Crippen molar-refractivity contribution >= 4 is 22.6 Å². The minimum absolute atomic E-state index is 0.427. The predicted molar refractivity (Wildman–Crippen MR) is 80.1 cm³/mol. The molecular formula is C15H21ClN2O. The van der Waals surface area contributed by atoms with E-state index in [1.54, 1.807) is 0 Å². The third-order valence-corrected chi connectivity index (χ3v) is 3.72. The molecule has 0 aliphatic heterocycles. The molecule has 104 valence electrons. The van der Waals surface area contributed by atoms with Gasteiger partial charge in [-0.2, -0.15) is 0 Å². The van der Waals surface area contributed by atoms with E-state index in [4.69, 9.17) is 16.3 Å². The number of halogens is 1. The maximum absolute atomic E-state index is 6.07. The van der Waals surface area contributed by atoms with Gasteiger partial charge in [0.05, 0.1) is 18.0 Å². The van der Waals surface area contributed by atoms with Crippen LogP contribution in [0, 0.1) is 0 Å². The number of fused-ring (bicyclic) bond motifs is 1. The van der Waals surface area contributed by atoms with Crippen molar-refractivity contribution in [2.75, 3.05) is 6.61 Å². The van der Waals surface area contributed by atoms with Crippen LogP contribution in [0.2, 0.25) is 0 Å². The zero-order chi connectivity index (χ0) is 13.8. The molecule has 0 unspecified atom stereocenters. The lowest BCUT2D eigenvalue weighted by Gasteiger charge is -2.18. The van der Waals surface area contributed by atoms with Gasteiger partial charge in [0.25, 0.3) is 0 Å². The molecular weight excluding hydrogens is 260 g/mol. The first-order valence-electron chi connectivity index (χ1n) is 6.95. The molecule has 0 N–H and O–H groups in total. The number of alkyl halides is 1. The number of para-hydroxylation sites is 1. The molecule has 3 nitrogen and oxygen atoms in total. The topological polar surface area (TPSA) is 27.1 Å². The molecule has 0 aliphatic carbocycles. The Hall–Kier alpha value is -1.22. The molecule has 0 saturated heterocycles. The zero-order valence-electron chi connectivity index (χ0n) is 11.8. The highest BCUT2D eigenvalue weighted by atomic mass is 35.5. The normalized spacial score (nSPS) is 11.4. The van der Waals surface area contributed by atoms with E-state index in [0.717, 1.165) is 35.4 Å². The van der Waals surface area contributed by atoms with Gasteiger partial charge in [0.15, 0.2) is 0 Å². The molecule has 19 heavy (non-hydrogen) atoms. The second-order valence-electron chi connectivity index (χ2n) is 4.56. The summed E-state index contributed by atoms with van der Waals surface area (Å²) in [6.45, 7) is 7.03. The number of ether oxygens (including phenoxy) is 1. The van der Waals surface area contributed by atoms with Crippen LogP contribution in [-0.2, 0) is 5.88 Å². The van der Waals surface area contributed by atoms with E-state index in [1.165, 1.54) is 0 Å². The van der Waals surface area contributed by atoms with E-state index in [0.29, 0.717) is 18.5 Å². The number of aromatic nitrogens is 2. The number of nitrogens with zero attached hydrogens (tertiary/aromatic N) is 2. The van der Waals surface area contributed by atoms with Gasteiger partial charge in [-0.15, -0.1) is 11.6 Å². The van der Waals surface area contributed by atoms with Gasteiger partial charge in [-0.05, 0) is 31.9 Å². The number of hydrogen-bond acceptors (Lipinski definition) is 2. The van der Waals surface area contributed by atoms with Crippen LogP contribution >= 0.6 is 11.6 Å². The number of rotatable bonds is 6. The third kappa shape index (κ3) is 2.57. The molecule has 0 fully saturated rings. The van der Waals surface area contributed by atoms with Crippen LogP contribution in [0.25, 0.3) is 11.0 Å². The Labute approximate surface area is 119 Å². The van der Waals surface area contributed by atoms with E-state index >= 15 is 0 Å². The van der Waals surface area contributed by atoms with Gasteiger partial charge in [0.2, 0.25) is 0 Å². The lowest BCUT2D eigenvalue weighted by atomic mass is 10.1. The number of imidazole rings is 1. The fraction of sp³-hybridized carbons (Fsp3) is 0.533. The van der Waals surface area contributed by atoms with Gasteiger partial charge in [-0.1, -0.05) is 19.9 Å². The Kier molecular flexibility index (Phi) is 4.70. The zero-order valence-corrected chi connectivity index (χ0v) is 12.6. The predicted octanol–water partition coefficient (Wildman–Crippen LogP) is 4.53. The monoisotopic (exact) mass is 280 g/mol. The highest BCUT2D eigenvalue weighted by Crippen LogP contribution is 2.31. The van der Waals surface area contributed by atoms with E-state index < -0.39 is 0 Å². The van der Waals surface area contributed by atoms with E-state index in [1.807, 2.05) is 19.1 Å². The van der Waals surface area contributed by atoms with Crippen molar-refractivity contribution in [3.05, 3.63) is 24.0 Å². The molecule has 0 spiro atoms. The molecule has 2 aromatic rings. The summed E-state index contributed by atoms with van der Waals surface area (Å²) in [5.74, 6) is 2.20. The van der Waals surface area contributed by atoms with Gasteiger partial charge >= 0.3 is 0 Å². The van der Waals surface area contributed by atoms with Crippen LogP contribution in [-0.4, -0.2) is 16.2 Å². The van der Waals surface area contributed by atoms with Gasteiger partial charge in [0, 0.05) is 6.04 Å². The Morgan fingerprint density at radius 2 is 2.00 bits per heavy atom. The number of benzene rings is 1. The summed E-state index contributed by atoms with van der Waals surface area (Å²) in [6, 6.07) is 6.52. The van der Waals surface area contributed by atoms with Gasteiger partial charge in [-0.25, -0.2) is 4.98 Å². The van der Waals surface area contributed by atoms with Gasteiger partial charge in [-0.3, -0.25) is 0 Å². The highest BCUT2D eigenvalue weighted by Gasteiger charge is 2.18. The van der Waals surface area contributed by atoms with E-state index in [-0.39, 0.29) is 0 Å². The van der Waals surface area contributed by atoms with Crippen molar-refractivity contribution in [3.63, 3.8) is 0 Å². The first kappa shape index (κ1) is 14.2. The summed E-state index contributed by atoms with van der Waals surface area (Å²) >= 11 is 6.07. The van der Waals surface area contributed by atoms with Crippen molar-refractivity contribution in [2.24, 2.45) is 0 Å². The largest absolute Gasteiger partial charge is 0.492 e. The minimum atomic E-state index is 0.427. The van der Waals surface area contributed by atoms with Gasteiger partial charge in [0.1, 0.15) is 17.1 Å². The lowest BCUT2D eigenvalue weighted by molar-refractivity contribution is 0.343. The Morgan fingerprint density at radius 3 is 2.58 bits per heavy atom. The molecule has 0 atom stereocenters. The van der Waals surface area contributed by atoms with Crippen molar-refractivity contribution < 1.29 is 4.74 Å². The average molecular weight is 281 g/mol. The maximum atomic E-state index is 6.07. The third-order valence-electron chi connectivity index (χ3n) is 3.48. The first-order valence-corrected chi connectivity index (χ1v) is 7.48. The van der Waals surface area contributed by atoms with Crippen molar-refractivity contribution in [3.8, 4) is 5.75 Å². The fourth-order valence-corrected chi connectivity index (χ4v) is 2.76. The molecule has 1 aromatic carbocycles. The second kappa shape index (κ2) is 6.29. The van der Waals surface area contributed by atoms with Crippen molar-refractivity contribution in [2.45, 2.75) is 45.5 Å². The molecule has 0 amide bonds. The summed E-state index contributed by atoms with van der Waals surface area (Å²) in [7, 11) is 0. The molecule has 0 bridgehead atoms. The Balaban J connectivity index is 2.64. The van der Waals surface area contributed by atoms with Gasteiger partial charge < -0.3 is 9.30 Å². The minimum Gasteiger partial charge on any atom is -0.492 e. The highest BCUT2D eigenvalue weighted by molar-refractivity contribution is 6.16. The standard InChI is InChI=1S/C15H21ClN2O/c1-4-11(5-2)18-12-8-7-9-13(19-6-3)15(12)17-14(18)10-16/h7-9,11H,4-6,10H2,1-3H3. The summed E-state index contributed by atoms with van der Waals surface area (Å²) in [6.07, 6.45) is 2.15. The molecule has 0 saturated carbocycles. The van der Waals surface area contributed by atoms with Crippen LogP contribution in [0.3, 0.4) is 0 Å². The lowest BCUT2D eigenvalue weighted by Crippen LogP contribution is -2.09. The molecule has 1 aromatic heterocycles. The van der Waals surface area contributed by atoms with Crippen LogP contribution in [0.1, 0.15) is 45.5 Å². The number of hydrogen-bond donors (Lipinski definition) is 0. The second-order valence-corrected chi connectivity index (χ2v) is 4.83. The molecule has 2 rings (SSSR count). The molecule has 0 aliphatic rings. The quantitative estimate of drug-likeness (QED) is 0.727. The molecule has 1 heterocycles.